The molecule has 36 heavy (non-hydrogen) atoms. The lowest BCUT2D eigenvalue weighted by Crippen LogP contribution is -2.47. The highest BCUT2D eigenvalue weighted by Crippen LogP contribution is 2.32. The fraction of sp³-hybridized carbons (Fsp3) is 0.364. The van der Waals surface area contributed by atoms with Gasteiger partial charge < -0.3 is 25.0 Å². The first-order valence-electron chi connectivity index (χ1n) is 11.1. The Bertz CT molecular complexity index is 1270. The molecule has 4 heterocycles. The molecule has 0 spiro atoms. The van der Waals surface area contributed by atoms with Crippen LogP contribution in [0.4, 0.5) is 33.7 Å². The molecule has 1 saturated heterocycles. The molecule has 1 unspecified atom stereocenters. The van der Waals surface area contributed by atoms with E-state index < -0.39 is 41.6 Å². The number of aliphatic hydroxyl groups excluding tert-OH is 1. The molecular formula is C22H21F4N7O3. The predicted molar refractivity (Wildman–Crippen MR) is 117 cm³/mol. The van der Waals surface area contributed by atoms with Crippen LogP contribution in [0.25, 0.3) is 0 Å². The number of carbonyl (C=O) groups is 1. The highest BCUT2D eigenvalue weighted by Gasteiger charge is 2.37. The molecule has 0 saturated carbocycles. The summed E-state index contributed by atoms with van der Waals surface area (Å²) >= 11 is 0. The number of ether oxygens (including phenoxy) is 1. The van der Waals surface area contributed by atoms with Crippen molar-refractivity contribution in [1.29, 1.82) is 0 Å². The average Bonchev–Trinajstić information content (AvgIpc) is 3.40. The molecule has 190 valence electrons. The molecule has 2 aliphatic rings. The maximum atomic E-state index is 13.6. The Morgan fingerprint density at radius 1 is 1.11 bits per heavy atom. The molecule has 1 fully saturated rings. The minimum absolute atomic E-state index is 0.0159. The van der Waals surface area contributed by atoms with Crippen molar-refractivity contribution in [3.63, 3.8) is 0 Å². The average molecular weight is 507 g/mol. The number of aliphatic hydroxyl groups is 1. The van der Waals surface area contributed by atoms with Gasteiger partial charge in [0.15, 0.2) is 23.3 Å². The van der Waals surface area contributed by atoms with Crippen molar-refractivity contribution < 1.29 is 32.2 Å². The first kappa shape index (κ1) is 23.8. The zero-order chi connectivity index (χ0) is 25.6. The monoisotopic (exact) mass is 507 g/mol. The first-order chi connectivity index (χ1) is 17.2. The molecule has 2 aliphatic heterocycles. The van der Waals surface area contributed by atoms with E-state index in [2.05, 4.69) is 20.4 Å². The lowest BCUT2D eigenvalue weighted by atomic mass is 10.2. The van der Waals surface area contributed by atoms with Crippen molar-refractivity contribution in [1.82, 2.24) is 24.6 Å². The van der Waals surface area contributed by atoms with E-state index in [1.807, 2.05) is 0 Å². The van der Waals surface area contributed by atoms with Gasteiger partial charge in [-0.05, 0) is 6.92 Å². The highest BCUT2D eigenvalue weighted by atomic mass is 19.2. The zero-order valence-electron chi connectivity index (χ0n) is 18.9. The number of aromatic nitrogens is 4. The number of hydrogen-bond donors (Lipinski definition) is 2. The number of halogens is 4. The van der Waals surface area contributed by atoms with Crippen LogP contribution in [-0.4, -0.2) is 60.7 Å². The SMILES string of the molecule is C[C@H]1Cn2ncc(N3C[C@@H](Oc4ncc(F)cn4)CC3O)c2CN1C(=O)Nc1cc(F)c(F)c(F)c1. The van der Waals surface area contributed by atoms with Crippen LogP contribution < -0.4 is 15.0 Å². The maximum absolute atomic E-state index is 13.6. The van der Waals surface area contributed by atoms with Gasteiger partial charge in [-0.3, -0.25) is 4.68 Å². The van der Waals surface area contributed by atoms with Crippen molar-refractivity contribution in [3.8, 4) is 6.01 Å². The van der Waals surface area contributed by atoms with E-state index in [1.54, 1.807) is 22.7 Å². The van der Waals surface area contributed by atoms with Gasteiger partial charge in [-0.25, -0.2) is 32.3 Å². The lowest BCUT2D eigenvalue weighted by Gasteiger charge is -2.35. The van der Waals surface area contributed by atoms with Crippen LogP contribution in [0.15, 0.2) is 30.7 Å². The van der Waals surface area contributed by atoms with Crippen LogP contribution >= 0.6 is 0 Å². The number of anilines is 2. The highest BCUT2D eigenvalue weighted by molar-refractivity contribution is 5.89. The number of nitrogens with zero attached hydrogens (tertiary/aromatic N) is 6. The Balaban J connectivity index is 1.31. The standard InChI is InChI=1S/C22H21F4N7O3/c1-11-8-33-18(10-31(11)22(35)30-13-2-15(24)20(26)16(25)3-13)17(7-29-33)32-9-14(4-19(32)34)36-21-27-5-12(23)6-28-21/h2-3,5-7,11,14,19,34H,4,8-10H2,1H3,(H,30,35)/t11-,14-,19?/m0/s1. The Morgan fingerprint density at radius 2 is 1.81 bits per heavy atom. The van der Waals surface area contributed by atoms with Crippen LogP contribution in [-0.2, 0) is 13.1 Å². The fourth-order valence-corrected chi connectivity index (χ4v) is 4.35. The summed E-state index contributed by atoms with van der Waals surface area (Å²) in [5.41, 5.74) is 0.996. The summed E-state index contributed by atoms with van der Waals surface area (Å²) in [5.74, 6) is -5.05. The number of hydrogen-bond acceptors (Lipinski definition) is 7. The summed E-state index contributed by atoms with van der Waals surface area (Å²) in [5, 5.41) is 17.4. The molecule has 3 aromatic rings. The fourth-order valence-electron chi connectivity index (χ4n) is 4.35. The van der Waals surface area contributed by atoms with E-state index in [-0.39, 0.29) is 37.3 Å². The van der Waals surface area contributed by atoms with E-state index in [0.29, 0.717) is 30.1 Å². The molecule has 10 nitrogen and oxygen atoms in total. The largest absolute Gasteiger partial charge is 0.458 e. The van der Waals surface area contributed by atoms with Crippen LogP contribution in [0.2, 0.25) is 0 Å². The summed E-state index contributed by atoms with van der Waals surface area (Å²) in [6.07, 6.45) is 2.37. The molecule has 0 radical (unpaired) electrons. The van der Waals surface area contributed by atoms with Crippen LogP contribution in [0, 0.1) is 23.3 Å². The van der Waals surface area contributed by atoms with Crippen molar-refractivity contribution in [2.45, 2.75) is 44.8 Å². The van der Waals surface area contributed by atoms with Crippen molar-refractivity contribution in [2.75, 3.05) is 16.8 Å². The Kier molecular flexibility index (Phi) is 6.12. The molecule has 0 bridgehead atoms. The van der Waals surface area contributed by atoms with E-state index >= 15 is 0 Å². The summed E-state index contributed by atoms with van der Waals surface area (Å²) < 4.78 is 60.8. The number of urea groups is 1. The molecule has 3 atom stereocenters. The van der Waals surface area contributed by atoms with Gasteiger partial charge in [0.25, 0.3) is 0 Å². The van der Waals surface area contributed by atoms with Crippen LogP contribution in [0.1, 0.15) is 19.0 Å². The first-order valence-corrected chi connectivity index (χ1v) is 11.1. The van der Waals surface area contributed by atoms with E-state index in [4.69, 9.17) is 4.74 Å². The molecule has 2 N–H and O–H groups in total. The van der Waals surface area contributed by atoms with Gasteiger partial charge in [0.2, 0.25) is 0 Å². The van der Waals surface area contributed by atoms with Crippen molar-refractivity contribution >= 4 is 17.4 Å². The molecule has 2 amide bonds. The van der Waals surface area contributed by atoms with Crippen molar-refractivity contribution in [3.05, 3.63) is 59.7 Å². The minimum Gasteiger partial charge on any atom is -0.458 e. The summed E-state index contributed by atoms with van der Waals surface area (Å²) in [7, 11) is 0. The third-order valence-electron chi connectivity index (χ3n) is 6.12. The Hall–Kier alpha value is -3.94. The third-order valence-corrected chi connectivity index (χ3v) is 6.12. The van der Waals surface area contributed by atoms with Gasteiger partial charge in [-0.15, -0.1) is 0 Å². The van der Waals surface area contributed by atoms with Crippen LogP contribution in [0.5, 0.6) is 6.01 Å². The lowest BCUT2D eigenvalue weighted by molar-refractivity contribution is 0.145. The molecule has 0 aliphatic carbocycles. The zero-order valence-corrected chi connectivity index (χ0v) is 18.9. The normalized spacial score (nSPS) is 21.4. The number of amides is 2. The summed E-state index contributed by atoms with van der Waals surface area (Å²) in [6.45, 7) is 2.47. The Morgan fingerprint density at radius 3 is 2.50 bits per heavy atom. The van der Waals surface area contributed by atoms with Gasteiger partial charge in [0.05, 0.1) is 55.6 Å². The summed E-state index contributed by atoms with van der Waals surface area (Å²) in [4.78, 5) is 23.6. The van der Waals surface area contributed by atoms with Crippen LogP contribution in [0.3, 0.4) is 0 Å². The third kappa shape index (κ3) is 4.51. The van der Waals surface area contributed by atoms with E-state index in [1.165, 1.54) is 4.90 Å². The molecule has 5 rings (SSSR count). The number of benzene rings is 1. The second kappa shape index (κ2) is 9.26. The van der Waals surface area contributed by atoms with E-state index in [9.17, 15) is 27.5 Å². The number of fused-ring (bicyclic) bond motifs is 1. The second-order valence-electron chi connectivity index (χ2n) is 8.61. The minimum atomic E-state index is -1.62. The second-order valence-corrected chi connectivity index (χ2v) is 8.61. The molecule has 2 aromatic heterocycles. The van der Waals surface area contributed by atoms with Gasteiger partial charge in [0.1, 0.15) is 12.3 Å². The smallest absolute Gasteiger partial charge is 0.322 e. The molecular weight excluding hydrogens is 486 g/mol. The Labute approximate surface area is 202 Å². The van der Waals surface area contributed by atoms with Gasteiger partial charge in [-0.2, -0.15) is 5.10 Å². The van der Waals surface area contributed by atoms with Gasteiger partial charge in [0, 0.05) is 24.2 Å². The maximum Gasteiger partial charge on any atom is 0.322 e. The molecule has 1 aromatic carbocycles. The van der Waals surface area contributed by atoms with Gasteiger partial charge >= 0.3 is 12.0 Å². The number of nitrogens with one attached hydrogen (secondary N) is 1. The predicted octanol–water partition coefficient (Wildman–Crippen LogP) is 2.64. The number of rotatable bonds is 4. The summed E-state index contributed by atoms with van der Waals surface area (Å²) in [6, 6.07) is 0.426. The van der Waals surface area contributed by atoms with Gasteiger partial charge in [-0.1, -0.05) is 0 Å². The molecule has 14 heteroatoms. The number of carbonyl (C=O) groups excluding carboxylic acids is 1. The topological polar surface area (TPSA) is 109 Å². The van der Waals surface area contributed by atoms with E-state index in [0.717, 1.165) is 12.4 Å². The van der Waals surface area contributed by atoms with Crippen molar-refractivity contribution in [2.24, 2.45) is 0 Å². The quantitative estimate of drug-likeness (QED) is 0.413.